The Kier molecular flexibility index (Phi) is 6.43. The molecule has 1 heterocycles. The molecule has 4 rings (SSSR count). The van der Waals surface area contributed by atoms with Gasteiger partial charge in [-0.2, -0.15) is 0 Å². The number of ether oxygens (including phenoxy) is 1. The van der Waals surface area contributed by atoms with E-state index in [4.69, 9.17) is 4.74 Å². The summed E-state index contributed by atoms with van der Waals surface area (Å²) in [7, 11) is -3.85. The van der Waals surface area contributed by atoms with Gasteiger partial charge in [0.15, 0.2) is 6.61 Å². The zero-order valence-corrected chi connectivity index (χ0v) is 20.1. The van der Waals surface area contributed by atoms with E-state index in [9.17, 15) is 18.0 Å². The van der Waals surface area contributed by atoms with E-state index in [2.05, 4.69) is 5.32 Å². The summed E-state index contributed by atoms with van der Waals surface area (Å²) < 4.78 is 33.0. The number of anilines is 2. The largest absolute Gasteiger partial charge is 0.452 e. The summed E-state index contributed by atoms with van der Waals surface area (Å²) in [6.45, 7) is 5.62. The Labute approximate surface area is 199 Å². The van der Waals surface area contributed by atoms with E-state index in [1.807, 2.05) is 45.0 Å². The normalized spacial score (nSPS) is 12.9. The summed E-state index contributed by atoms with van der Waals surface area (Å²) in [5, 5.41) is 2.78. The third kappa shape index (κ3) is 4.68. The highest BCUT2D eigenvalue weighted by Gasteiger charge is 2.31. The molecule has 0 spiro atoms. The number of hydrogen-bond acceptors (Lipinski definition) is 5. The van der Waals surface area contributed by atoms with Crippen LogP contribution < -0.4 is 9.62 Å². The number of aryl methyl sites for hydroxylation is 3. The second kappa shape index (κ2) is 9.30. The minimum atomic E-state index is -3.85. The van der Waals surface area contributed by atoms with Crippen LogP contribution in [0.4, 0.5) is 11.4 Å². The predicted molar refractivity (Wildman–Crippen MR) is 131 cm³/mol. The van der Waals surface area contributed by atoms with Gasteiger partial charge < -0.3 is 10.1 Å². The Bertz CT molecular complexity index is 1360. The van der Waals surface area contributed by atoms with E-state index in [1.54, 1.807) is 12.1 Å². The van der Waals surface area contributed by atoms with Gasteiger partial charge in [-0.15, -0.1) is 0 Å². The molecule has 3 aromatic rings. The Hall–Kier alpha value is -3.65. The number of hydrogen-bond donors (Lipinski definition) is 1. The van der Waals surface area contributed by atoms with E-state index in [1.165, 1.54) is 28.6 Å². The molecule has 1 amide bonds. The highest BCUT2D eigenvalue weighted by Crippen LogP contribution is 2.32. The fourth-order valence-electron chi connectivity index (χ4n) is 4.24. The van der Waals surface area contributed by atoms with E-state index in [0.717, 1.165) is 22.3 Å². The molecule has 176 valence electrons. The Balaban J connectivity index is 1.45. The van der Waals surface area contributed by atoms with Crippen molar-refractivity contribution in [1.82, 2.24) is 0 Å². The minimum Gasteiger partial charge on any atom is -0.452 e. The molecule has 0 aliphatic carbocycles. The number of benzene rings is 3. The van der Waals surface area contributed by atoms with E-state index < -0.39 is 28.5 Å². The highest BCUT2D eigenvalue weighted by molar-refractivity contribution is 7.92. The molecule has 8 heteroatoms. The first kappa shape index (κ1) is 23.5. The zero-order valence-electron chi connectivity index (χ0n) is 19.3. The number of fused-ring (bicyclic) bond motifs is 1. The van der Waals surface area contributed by atoms with Crippen LogP contribution in [0.5, 0.6) is 0 Å². The average Bonchev–Trinajstić information content (AvgIpc) is 3.25. The van der Waals surface area contributed by atoms with Crippen LogP contribution in [-0.2, 0) is 26.0 Å². The number of carbonyl (C=O) groups is 2. The van der Waals surface area contributed by atoms with Crippen molar-refractivity contribution in [3.63, 3.8) is 0 Å². The number of para-hydroxylation sites is 1. The second-order valence-corrected chi connectivity index (χ2v) is 10.2. The minimum absolute atomic E-state index is 0.00555. The van der Waals surface area contributed by atoms with Gasteiger partial charge in [-0.25, -0.2) is 13.2 Å². The number of esters is 1. The zero-order chi connectivity index (χ0) is 24.5. The molecule has 0 atom stereocenters. The van der Waals surface area contributed by atoms with Crippen molar-refractivity contribution in [3.8, 4) is 0 Å². The maximum atomic E-state index is 13.2. The number of sulfonamides is 1. The van der Waals surface area contributed by atoms with Gasteiger partial charge in [-0.1, -0.05) is 42.0 Å². The third-order valence-corrected chi connectivity index (χ3v) is 7.59. The van der Waals surface area contributed by atoms with Gasteiger partial charge in [0, 0.05) is 12.2 Å². The third-order valence-electron chi connectivity index (χ3n) is 5.78. The van der Waals surface area contributed by atoms with Crippen molar-refractivity contribution >= 4 is 33.3 Å². The van der Waals surface area contributed by atoms with Crippen LogP contribution >= 0.6 is 0 Å². The topological polar surface area (TPSA) is 92.8 Å². The Morgan fingerprint density at radius 1 is 0.971 bits per heavy atom. The second-order valence-electron chi connectivity index (χ2n) is 8.38. The first-order chi connectivity index (χ1) is 16.2. The average molecular weight is 479 g/mol. The lowest BCUT2D eigenvalue weighted by atomic mass is 10.1. The monoisotopic (exact) mass is 478 g/mol. The predicted octanol–water partition coefficient (Wildman–Crippen LogP) is 4.16. The van der Waals surface area contributed by atoms with Crippen molar-refractivity contribution in [2.24, 2.45) is 0 Å². The molecule has 0 fully saturated rings. The number of nitrogens with one attached hydrogen (secondary N) is 1. The quantitative estimate of drug-likeness (QED) is 0.537. The lowest BCUT2D eigenvalue weighted by Gasteiger charge is -2.19. The van der Waals surface area contributed by atoms with Gasteiger partial charge in [0.2, 0.25) is 0 Å². The summed E-state index contributed by atoms with van der Waals surface area (Å²) in [5.74, 6) is -1.24. The number of nitrogens with zero attached hydrogens (tertiary/aromatic N) is 1. The standard InChI is InChI=1S/C26H26N2O5S/c1-17-13-18(2)25(19(3)14-17)27-24(29)16-33-26(30)21-8-6-9-22(15-21)34(31,32)28-12-11-20-7-4-5-10-23(20)28/h4-10,13-15H,11-12,16H2,1-3H3,(H,27,29). The van der Waals surface area contributed by atoms with Crippen LogP contribution in [0.2, 0.25) is 0 Å². The summed E-state index contributed by atoms with van der Waals surface area (Å²) in [6.07, 6.45) is 0.631. The van der Waals surface area contributed by atoms with Crippen molar-refractivity contribution in [2.75, 3.05) is 22.8 Å². The molecule has 1 aliphatic rings. The molecule has 34 heavy (non-hydrogen) atoms. The first-order valence-corrected chi connectivity index (χ1v) is 12.4. The molecule has 7 nitrogen and oxygen atoms in total. The molecule has 3 aromatic carbocycles. The number of carbonyl (C=O) groups excluding carboxylic acids is 2. The van der Waals surface area contributed by atoms with Crippen LogP contribution in [0, 0.1) is 20.8 Å². The van der Waals surface area contributed by atoms with Crippen LogP contribution in [0.3, 0.4) is 0 Å². The number of amides is 1. The van der Waals surface area contributed by atoms with E-state index in [0.29, 0.717) is 24.3 Å². The van der Waals surface area contributed by atoms with Crippen LogP contribution in [-0.4, -0.2) is 33.4 Å². The van der Waals surface area contributed by atoms with E-state index >= 15 is 0 Å². The molecule has 1 aliphatic heterocycles. The van der Waals surface area contributed by atoms with Gasteiger partial charge in [-0.05, 0) is 68.1 Å². The molecule has 0 radical (unpaired) electrons. The molecule has 0 bridgehead atoms. The smallest absolute Gasteiger partial charge is 0.338 e. The molecular formula is C26H26N2O5S. The maximum Gasteiger partial charge on any atom is 0.338 e. The maximum absolute atomic E-state index is 13.2. The molecule has 1 N–H and O–H groups in total. The van der Waals surface area contributed by atoms with Gasteiger partial charge >= 0.3 is 5.97 Å². The van der Waals surface area contributed by atoms with Crippen LogP contribution in [0.1, 0.15) is 32.6 Å². The summed E-state index contributed by atoms with van der Waals surface area (Å²) in [6, 6.07) is 17.0. The first-order valence-electron chi connectivity index (χ1n) is 10.9. The van der Waals surface area contributed by atoms with Crippen molar-refractivity contribution < 1.29 is 22.7 Å². The molecule has 0 saturated heterocycles. The van der Waals surface area contributed by atoms with Gasteiger partial charge in [-0.3, -0.25) is 9.10 Å². The van der Waals surface area contributed by atoms with Gasteiger partial charge in [0.1, 0.15) is 0 Å². The lowest BCUT2D eigenvalue weighted by Crippen LogP contribution is -2.29. The van der Waals surface area contributed by atoms with Crippen molar-refractivity contribution in [1.29, 1.82) is 0 Å². The summed E-state index contributed by atoms with van der Waals surface area (Å²) in [5.41, 5.74) is 5.28. The summed E-state index contributed by atoms with van der Waals surface area (Å²) >= 11 is 0. The fourth-order valence-corrected chi connectivity index (χ4v) is 5.79. The van der Waals surface area contributed by atoms with E-state index in [-0.39, 0.29) is 10.5 Å². The fraction of sp³-hybridized carbons (Fsp3) is 0.231. The lowest BCUT2D eigenvalue weighted by molar-refractivity contribution is -0.119. The highest BCUT2D eigenvalue weighted by atomic mass is 32.2. The van der Waals surface area contributed by atoms with Crippen molar-refractivity contribution in [3.05, 3.63) is 88.5 Å². The molecular weight excluding hydrogens is 452 g/mol. The molecule has 0 aromatic heterocycles. The molecule has 0 unspecified atom stereocenters. The van der Waals surface area contributed by atoms with Crippen LogP contribution in [0.25, 0.3) is 0 Å². The summed E-state index contributed by atoms with van der Waals surface area (Å²) in [4.78, 5) is 24.9. The number of rotatable bonds is 6. The SMILES string of the molecule is Cc1cc(C)c(NC(=O)COC(=O)c2cccc(S(=O)(=O)N3CCc4ccccc43)c2)c(C)c1. The van der Waals surface area contributed by atoms with Crippen LogP contribution in [0.15, 0.2) is 65.6 Å². The Morgan fingerprint density at radius 2 is 1.68 bits per heavy atom. The molecule has 0 saturated carbocycles. The van der Waals surface area contributed by atoms with Gasteiger partial charge in [0.05, 0.1) is 16.1 Å². The van der Waals surface area contributed by atoms with Crippen molar-refractivity contribution in [2.45, 2.75) is 32.1 Å². The van der Waals surface area contributed by atoms with Gasteiger partial charge in [0.25, 0.3) is 15.9 Å². The Morgan fingerprint density at radius 3 is 2.41 bits per heavy atom.